The summed E-state index contributed by atoms with van der Waals surface area (Å²) in [5.74, 6) is 1.72. The van der Waals surface area contributed by atoms with Crippen molar-refractivity contribution in [2.24, 2.45) is 7.05 Å². The number of hydrogen-bond acceptors (Lipinski definition) is 0. The molecular weight excluding hydrogens is 352 g/mol. The van der Waals surface area contributed by atoms with E-state index in [0.29, 0.717) is 5.92 Å². The van der Waals surface area contributed by atoms with Gasteiger partial charge in [0.05, 0.1) is 13.2 Å². The molecule has 0 aliphatic rings. The zero-order valence-electron chi connectivity index (χ0n) is 19.1. The first-order valence-electron chi connectivity index (χ1n) is 10.6. The van der Waals surface area contributed by atoms with Crippen LogP contribution in [-0.4, -0.2) is 4.57 Å². The topological polar surface area (TPSA) is 8.81 Å². The Bertz CT molecular complexity index is 1230. The van der Waals surface area contributed by atoms with Crippen LogP contribution in [0.1, 0.15) is 62.8 Å². The van der Waals surface area contributed by atoms with Crippen molar-refractivity contribution in [3.63, 3.8) is 0 Å². The number of nitrogens with zero attached hydrogens (tertiary/aromatic N) is 2. The number of benzene rings is 2. The molecule has 0 amide bonds. The number of pyridine rings is 1. The second-order valence-corrected chi connectivity index (χ2v) is 9.82. The second kappa shape index (κ2) is 6.73. The first-order chi connectivity index (χ1) is 13.6. The normalized spacial score (nSPS) is 12.4. The van der Waals surface area contributed by atoms with Gasteiger partial charge in [0.2, 0.25) is 0 Å². The molecule has 150 valence electrons. The molecule has 0 bridgehead atoms. The molecular formula is C27H33N2+. The van der Waals surface area contributed by atoms with Gasteiger partial charge >= 0.3 is 0 Å². The number of fused-ring (bicyclic) bond motifs is 3. The van der Waals surface area contributed by atoms with E-state index >= 15 is 0 Å². The van der Waals surface area contributed by atoms with Gasteiger partial charge < -0.3 is 0 Å². The zero-order chi connectivity index (χ0) is 21.1. The molecule has 0 atom stereocenters. The molecule has 0 fully saturated rings. The molecule has 0 saturated heterocycles. The number of aryl methyl sites for hydroxylation is 3. The predicted octanol–water partition coefficient (Wildman–Crippen LogP) is 6.65. The summed E-state index contributed by atoms with van der Waals surface area (Å²) in [4.78, 5) is 0. The molecule has 0 radical (unpaired) electrons. The maximum atomic E-state index is 2.48. The minimum atomic E-state index is 0.107. The van der Waals surface area contributed by atoms with Crippen LogP contribution in [0.25, 0.3) is 27.6 Å². The Morgan fingerprint density at radius 1 is 0.897 bits per heavy atom. The van der Waals surface area contributed by atoms with Crippen molar-refractivity contribution in [2.45, 2.75) is 59.8 Å². The maximum absolute atomic E-state index is 2.48. The smallest absolute Gasteiger partial charge is 0.237 e. The average Bonchev–Trinajstić information content (AvgIpc) is 2.95. The van der Waals surface area contributed by atoms with E-state index in [1.807, 2.05) is 0 Å². The summed E-state index contributed by atoms with van der Waals surface area (Å²) in [6, 6.07) is 16.1. The molecule has 2 aromatic heterocycles. The highest BCUT2D eigenvalue weighted by atomic mass is 15.1. The van der Waals surface area contributed by atoms with Crippen molar-refractivity contribution in [3.8, 4) is 5.82 Å². The molecule has 0 spiro atoms. The molecule has 0 saturated carbocycles. The maximum Gasteiger partial charge on any atom is 0.286 e. The number of hydrogen-bond donors (Lipinski definition) is 0. The van der Waals surface area contributed by atoms with Crippen LogP contribution in [0.5, 0.6) is 0 Å². The lowest BCUT2D eigenvalue weighted by atomic mass is 9.87. The molecule has 0 aliphatic heterocycles. The van der Waals surface area contributed by atoms with Crippen molar-refractivity contribution in [2.75, 3.05) is 0 Å². The lowest BCUT2D eigenvalue weighted by molar-refractivity contribution is -0.665. The Morgan fingerprint density at radius 3 is 2.24 bits per heavy atom. The van der Waals surface area contributed by atoms with Gasteiger partial charge in [-0.25, -0.2) is 4.57 Å². The minimum Gasteiger partial charge on any atom is -0.237 e. The van der Waals surface area contributed by atoms with E-state index in [1.165, 1.54) is 49.9 Å². The zero-order valence-corrected chi connectivity index (χ0v) is 19.1. The summed E-state index contributed by atoms with van der Waals surface area (Å²) in [6.07, 6.45) is 2.20. The summed E-state index contributed by atoms with van der Waals surface area (Å²) in [6.45, 7) is 15.9. The minimum absolute atomic E-state index is 0.107. The molecule has 4 rings (SSSR count). The van der Waals surface area contributed by atoms with Crippen molar-refractivity contribution >= 4 is 21.8 Å². The fraction of sp³-hybridized carbons (Fsp3) is 0.370. The van der Waals surface area contributed by atoms with Crippen molar-refractivity contribution < 1.29 is 4.57 Å². The van der Waals surface area contributed by atoms with E-state index < -0.39 is 0 Å². The fourth-order valence-electron chi connectivity index (χ4n) is 4.51. The van der Waals surface area contributed by atoms with Crippen LogP contribution in [0.3, 0.4) is 0 Å². The van der Waals surface area contributed by atoms with Gasteiger partial charge in [0.15, 0.2) is 0 Å². The van der Waals surface area contributed by atoms with Gasteiger partial charge in [-0.3, -0.25) is 0 Å². The van der Waals surface area contributed by atoms with Crippen molar-refractivity contribution in [1.82, 2.24) is 4.57 Å². The van der Waals surface area contributed by atoms with E-state index in [0.717, 1.165) is 0 Å². The largest absolute Gasteiger partial charge is 0.286 e. The Kier molecular flexibility index (Phi) is 4.57. The Morgan fingerprint density at radius 2 is 1.59 bits per heavy atom. The first kappa shape index (κ1) is 19.7. The van der Waals surface area contributed by atoms with Crippen LogP contribution in [0.15, 0.2) is 48.7 Å². The predicted molar refractivity (Wildman–Crippen MR) is 124 cm³/mol. The Hall–Kier alpha value is -2.61. The highest BCUT2D eigenvalue weighted by molar-refractivity contribution is 6.10. The summed E-state index contributed by atoms with van der Waals surface area (Å²) in [5.41, 5.74) is 8.17. The highest BCUT2D eigenvalue weighted by Gasteiger charge is 2.26. The van der Waals surface area contributed by atoms with Crippen LogP contribution in [0.4, 0.5) is 0 Å². The van der Waals surface area contributed by atoms with Gasteiger partial charge in [-0.05, 0) is 66.1 Å². The van der Waals surface area contributed by atoms with E-state index in [9.17, 15) is 0 Å². The summed E-state index contributed by atoms with van der Waals surface area (Å²) < 4.78 is 4.73. The standard InChI is InChI=1S/C27H33N2/c1-17(2)21-11-12-23-22-10-9-18(3)15-24(22)29(26(23)19(21)4)25-16-20(27(5,6)7)13-14-28(25)8/h9-17H,1-8H3/q+1. The molecule has 0 aliphatic carbocycles. The average molecular weight is 386 g/mol. The molecule has 0 N–H and O–H groups in total. The van der Waals surface area contributed by atoms with Gasteiger partial charge in [-0.1, -0.05) is 46.8 Å². The lowest BCUT2D eigenvalue weighted by Crippen LogP contribution is -2.34. The van der Waals surface area contributed by atoms with E-state index in [4.69, 9.17) is 0 Å². The number of rotatable bonds is 2. The summed E-state index contributed by atoms with van der Waals surface area (Å²) in [7, 11) is 2.15. The van der Waals surface area contributed by atoms with Crippen LogP contribution < -0.4 is 4.57 Å². The molecule has 29 heavy (non-hydrogen) atoms. The van der Waals surface area contributed by atoms with E-state index in [2.05, 4.69) is 113 Å². The van der Waals surface area contributed by atoms with Gasteiger partial charge in [0.1, 0.15) is 11.0 Å². The third kappa shape index (κ3) is 3.15. The second-order valence-electron chi connectivity index (χ2n) is 9.82. The highest BCUT2D eigenvalue weighted by Crippen LogP contribution is 2.37. The van der Waals surface area contributed by atoms with Gasteiger partial charge in [0.25, 0.3) is 5.82 Å². The molecule has 4 aromatic rings. The monoisotopic (exact) mass is 385 g/mol. The van der Waals surface area contributed by atoms with Crippen LogP contribution in [0, 0.1) is 13.8 Å². The van der Waals surface area contributed by atoms with Crippen LogP contribution >= 0.6 is 0 Å². The van der Waals surface area contributed by atoms with Gasteiger partial charge in [-0.2, -0.15) is 4.57 Å². The SMILES string of the molecule is Cc1ccc2c3ccc(C(C)C)c(C)c3n(-c3cc(C(C)(C)C)cc[n+]3C)c2c1. The van der Waals surface area contributed by atoms with Crippen LogP contribution in [-0.2, 0) is 12.5 Å². The molecule has 2 heteroatoms. The first-order valence-corrected chi connectivity index (χ1v) is 10.6. The lowest BCUT2D eigenvalue weighted by Gasteiger charge is -2.19. The van der Waals surface area contributed by atoms with Gasteiger partial charge in [-0.15, -0.1) is 0 Å². The third-order valence-corrected chi connectivity index (χ3v) is 6.22. The summed E-state index contributed by atoms with van der Waals surface area (Å²) >= 11 is 0. The van der Waals surface area contributed by atoms with E-state index in [1.54, 1.807) is 0 Å². The third-order valence-electron chi connectivity index (χ3n) is 6.22. The van der Waals surface area contributed by atoms with E-state index in [-0.39, 0.29) is 5.41 Å². The van der Waals surface area contributed by atoms with Gasteiger partial charge in [0, 0.05) is 22.4 Å². The quantitative estimate of drug-likeness (QED) is 0.342. The number of aromatic nitrogens is 2. The molecule has 0 unspecified atom stereocenters. The summed E-state index contributed by atoms with van der Waals surface area (Å²) in [5, 5.41) is 2.66. The molecule has 2 nitrogen and oxygen atoms in total. The Balaban J connectivity index is 2.21. The van der Waals surface area contributed by atoms with Crippen LogP contribution in [0.2, 0.25) is 0 Å². The van der Waals surface area contributed by atoms with Crippen molar-refractivity contribution in [3.05, 3.63) is 70.9 Å². The fourth-order valence-corrected chi connectivity index (χ4v) is 4.51. The molecule has 2 aromatic carbocycles. The Labute approximate surface area is 174 Å². The molecule has 2 heterocycles. The van der Waals surface area contributed by atoms with Crippen molar-refractivity contribution in [1.29, 1.82) is 0 Å².